The summed E-state index contributed by atoms with van der Waals surface area (Å²) in [7, 11) is 0. The Kier molecular flexibility index (Phi) is 12.1. The van der Waals surface area contributed by atoms with Crippen LogP contribution in [0.25, 0.3) is 0 Å². The summed E-state index contributed by atoms with van der Waals surface area (Å²) in [5.41, 5.74) is 7.91. The van der Waals surface area contributed by atoms with E-state index in [1.165, 1.54) is 33.4 Å². The number of allylic oxidation sites excluding steroid dienone is 4. The molecule has 0 aliphatic heterocycles. The van der Waals surface area contributed by atoms with E-state index in [1.807, 2.05) is 0 Å². The molecule has 1 saturated carbocycles. The second-order valence-corrected chi connectivity index (χ2v) is 9.42. The zero-order valence-electron chi connectivity index (χ0n) is 20.4. The summed E-state index contributed by atoms with van der Waals surface area (Å²) in [4.78, 5) is 0. The summed E-state index contributed by atoms with van der Waals surface area (Å²) in [6.45, 7) is 6.64. The van der Waals surface area contributed by atoms with Gasteiger partial charge in [-0.1, -0.05) is 114 Å². The zero-order valence-corrected chi connectivity index (χ0v) is 24.2. The van der Waals surface area contributed by atoms with Gasteiger partial charge in [-0.2, -0.15) is 6.42 Å². The van der Waals surface area contributed by atoms with E-state index >= 15 is 0 Å². The SMILES string of the molecule is Cc1cccc(C(c2cccc(C)c2)(c2cccc(C)c2)C2[CH-]CC3C=CC=CC32)c1.[Cl-].[Cl-].[Cl-].[Ti+4]. The molecule has 3 unspecified atom stereocenters. The molecule has 0 heterocycles. The average molecular weight is 558 g/mol. The van der Waals surface area contributed by atoms with Gasteiger partial charge < -0.3 is 43.6 Å². The normalized spacial score (nSPS) is 19.9. The molecule has 0 bridgehead atoms. The first-order valence-electron chi connectivity index (χ1n) is 11.5. The third-order valence-corrected chi connectivity index (χ3v) is 7.29. The summed E-state index contributed by atoms with van der Waals surface area (Å²) in [5, 5.41) is 0. The Bertz CT molecular complexity index is 1060. The molecule has 0 aromatic heterocycles. The number of halogens is 3. The molecule has 35 heavy (non-hydrogen) atoms. The number of benzene rings is 3. The Morgan fingerprint density at radius 3 is 1.51 bits per heavy atom. The van der Waals surface area contributed by atoms with Crippen molar-refractivity contribution >= 4 is 0 Å². The molecule has 2 aliphatic carbocycles. The Labute approximate surface area is 244 Å². The van der Waals surface area contributed by atoms with Crippen molar-refractivity contribution < 1.29 is 58.9 Å². The quantitative estimate of drug-likeness (QED) is 0.209. The topological polar surface area (TPSA) is 0 Å². The van der Waals surface area contributed by atoms with Gasteiger partial charge >= 0.3 is 21.7 Å². The van der Waals surface area contributed by atoms with Crippen LogP contribution in [-0.4, -0.2) is 0 Å². The van der Waals surface area contributed by atoms with Crippen LogP contribution >= 0.6 is 0 Å². The van der Waals surface area contributed by atoms with E-state index in [0.717, 1.165) is 6.42 Å². The Morgan fingerprint density at radius 1 is 0.657 bits per heavy atom. The predicted molar refractivity (Wildman–Crippen MR) is 131 cm³/mol. The molecule has 0 nitrogen and oxygen atoms in total. The van der Waals surface area contributed by atoms with E-state index in [9.17, 15) is 0 Å². The minimum absolute atomic E-state index is 0. The Hall–Kier alpha value is -1.28. The summed E-state index contributed by atoms with van der Waals surface area (Å²) in [5.74, 6) is 1.49. The molecule has 4 heteroatoms. The minimum atomic E-state index is -0.223. The maximum Gasteiger partial charge on any atom is 4.00 e. The Morgan fingerprint density at radius 2 is 1.09 bits per heavy atom. The molecule has 0 N–H and O–H groups in total. The fourth-order valence-electron chi connectivity index (χ4n) is 5.97. The van der Waals surface area contributed by atoms with Gasteiger partial charge in [-0.25, -0.2) is 0 Å². The molecule has 0 spiro atoms. The third kappa shape index (κ3) is 5.84. The molecule has 3 aromatic carbocycles. The van der Waals surface area contributed by atoms with Crippen LogP contribution in [-0.2, 0) is 27.1 Å². The minimum Gasteiger partial charge on any atom is -1.00 e. The monoisotopic (exact) mass is 556 g/mol. The number of hydrogen-bond acceptors (Lipinski definition) is 0. The van der Waals surface area contributed by atoms with E-state index in [1.54, 1.807) is 0 Å². The van der Waals surface area contributed by atoms with Crippen molar-refractivity contribution in [2.45, 2.75) is 32.6 Å². The van der Waals surface area contributed by atoms with Crippen molar-refractivity contribution in [3.05, 3.63) is 137 Å². The molecule has 3 atom stereocenters. The fraction of sp³-hybridized carbons (Fsp3) is 0.258. The van der Waals surface area contributed by atoms with E-state index in [4.69, 9.17) is 0 Å². The zero-order chi connectivity index (χ0) is 21.4. The average Bonchev–Trinajstić information content (AvgIpc) is 3.19. The largest absolute Gasteiger partial charge is 4.00 e. The summed E-state index contributed by atoms with van der Waals surface area (Å²) in [6.07, 6.45) is 13.1. The molecule has 0 radical (unpaired) electrons. The first kappa shape index (κ1) is 31.8. The maximum atomic E-state index is 2.61. The first-order valence-corrected chi connectivity index (χ1v) is 11.5. The van der Waals surface area contributed by atoms with Crippen molar-refractivity contribution in [1.29, 1.82) is 0 Å². The van der Waals surface area contributed by atoms with Gasteiger partial charge in [0.2, 0.25) is 0 Å². The number of hydrogen-bond donors (Lipinski definition) is 0. The van der Waals surface area contributed by atoms with E-state index in [2.05, 4.69) is 124 Å². The standard InChI is InChI=1S/C31H31.3ClH.Ti/c1-22-9-6-13-26(19-22)31(27-14-7-10-23(2)20-27,28-15-8-11-24(3)21-28)30-18-17-25-12-4-5-16-29(25)30;;;;/h4-16,18-21,25,29-30H,17H2,1-3H3;3*1H;/q-1;;;;+4/p-3. The second kappa shape index (κ2) is 13.3. The molecule has 2 aliphatic rings. The van der Waals surface area contributed by atoms with Crippen LogP contribution in [0, 0.1) is 44.9 Å². The van der Waals surface area contributed by atoms with Crippen LogP contribution in [0.1, 0.15) is 39.8 Å². The molecule has 0 amide bonds. The number of aryl methyl sites for hydroxylation is 3. The van der Waals surface area contributed by atoms with Crippen LogP contribution in [0.2, 0.25) is 0 Å². The molecule has 180 valence electrons. The number of fused-ring (bicyclic) bond motifs is 1. The van der Waals surface area contributed by atoms with Crippen LogP contribution in [0.15, 0.2) is 97.1 Å². The van der Waals surface area contributed by atoms with Gasteiger partial charge in [0.1, 0.15) is 0 Å². The van der Waals surface area contributed by atoms with Gasteiger partial charge in [0, 0.05) is 5.41 Å². The Balaban J connectivity index is 0.00000153. The van der Waals surface area contributed by atoms with Gasteiger partial charge in [0.25, 0.3) is 0 Å². The van der Waals surface area contributed by atoms with E-state index < -0.39 is 0 Å². The molecular formula is C31H31Cl3Ti. The molecule has 5 rings (SSSR count). The van der Waals surface area contributed by atoms with E-state index in [-0.39, 0.29) is 64.4 Å². The molecule has 0 saturated heterocycles. The van der Waals surface area contributed by atoms with Crippen LogP contribution in [0.3, 0.4) is 0 Å². The summed E-state index contributed by atoms with van der Waals surface area (Å²) in [6, 6.07) is 27.6. The first-order chi connectivity index (χ1) is 15.1. The van der Waals surface area contributed by atoms with Crippen LogP contribution in [0.5, 0.6) is 0 Å². The summed E-state index contributed by atoms with van der Waals surface area (Å²) < 4.78 is 0. The van der Waals surface area contributed by atoms with Crippen molar-refractivity contribution in [1.82, 2.24) is 0 Å². The van der Waals surface area contributed by atoms with Gasteiger partial charge in [-0.15, -0.1) is 5.92 Å². The van der Waals surface area contributed by atoms with Crippen LogP contribution in [0.4, 0.5) is 0 Å². The van der Waals surface area contributed by atoms with Gasteiger partial charge in [-0.3, -0.25) is 0 Å². The fourth-order valence-corrected chi connectivity index (χ4v) is 5.97. The smallest absolute Gasteiger partial charge is 1.00 e. The van der Waals surface area contributed by atoms with Crippen molar-refractivity contribution in [2.24, 2.45) is 17.8 Å². The molecular weight excluding hydrogens is 527 g/mol. The third-order valence-electron chi connectivity index (χ3n) is 7.29. The predicted octanol–water partition coefficient (Wildman–Crippen LogP) is -1.46. The molecule has 1 fully saturated rings. The summed E-state index contributed by atoms with van der Waals surface area (Å²) >= 11 is 0. The van der Waals surface area contributed by atoms with Crippen molar-refractivity contribution in [3.8, 4) is 0 Å². The van der Waals surface area contributed by atoms with Crippen molar-refractivity contribution in [3.63, 3.8) is 0 Å². The molecule has 3 aromatic rings. The number of rotatable bonds is 4. The van der Waals surface area contributed by atoms with Gasteiger partial charge in [0.05, 0.1) is 0 Å². The van der Waals surface area contributed by atoms with Crippen molar-refractivity contribution in [2.75, 3.05) is 0 Å². The van der Waals surface area contributed by atoms with Gasteiger partial charge in [-0.05, 0) is 49.3 Å². The van der Waals surface area contributed by atoms with Crippen LogP contribution < -0.4 is 37.2 Å². The second-order valence-electron chi connectivity index (χ2n) is 9.42. The van der Waals surface area contributed by atoms with Gasteiger partial charge in [0.15, 0.2) is 0 Å². The maximum absolute atomic E-state index is 2.61. The van der Waals surface area contributed by atoms with E-state index in [0.29, 0.717) is 17.8 Å².